The fraction of sp³-hybridized carbons (Fsp3) is 0.636. The molecule has 0 spiro atoms. The lowest BCUT2D eigenvalue weighted by Crippen LogP contribution is -2.50. The van der Waals surface area contributed by atoms with Crippen molar-refractivity contribution in [1.29, 1.82) is 0 Å². The van der Waals surface area contributed by atoms with E-state index in [1.165, 1.54) is 32.1 Å². The van der Waals surface area contributed by atoms with Crippen molar-refractivity contribution in [3.63, 3.8) is 0 Å². The molecule has 1 aliphatic heterocycles. The minimum absolute atomic E-state index is 0.0248. The van der Waals surface area contributed by atoms with E-state index in [0.29, 0.717) is 11.1 Å². The van der Waals surface area contributed by atoms with Crippen LogP contribution in [0.3, 0.4) is 0 Å². The predicted octanol–water partition coefficient (Wildman–Crippen LogP) is 5.87. The lowest BCUT2D eigenvalue weighted by molar-refractivity contribution is -0.117. The van der Waals surface area contributed by atoms with Crippen LogP contribution in [0.5, 0.6) is 0 Å². The summed E-state index contributed by atoms with van der Waals surface area (Å²) < 4.78 is 0. The van der Waals surface area contributed by atoms with Crippen molar-refractivity contribution in [3.05, 3.63) is 28.8 Å². The molecular weight excluding hydrogens is 390 g/mol. The molecule has 0 aromatic heterocycles. The van der Waals surface area contributed by atoms with Crippen molar-refractivity contribution in [3.8, 4) is 0 Å². The zero-order chi connectivity index (χ0) is 20.1. The Hall–Kier alpha value is -1.20. The Morgan fingerprint density at radius 3 is 2.71 bits per heavy atom. The molecule has 1 saturated heterocycles. The van der Waals surface area contributed by atoms with Crippen molar-refractivity contribution in [2.75, 3.05) is 17.2 Å². The summed E-state index contributed by atoms with van der Waals surface area (Å²) in [6.45, 7) is 6.78. The second-order valence-corrected chi connectivity index (χ2v) is 9.28. The molecule has 0 bridgehead atoms. The third-order valence-corrected chi connectivity index (χ3v) is 6.95. The van der Waals surface area contributed by atoms with Gasteiger partial charge in [0, 0.05) is 19.2 Å². The van der Waals surface area contributed by atoms with E-state index >= 15 is 0 Å². The Morgan fingerprint density at radius 1 is 1.32 bits per heavy atom. The van der Waals surface area contributed by atoms with E-state index in [1.807, 2.05) is 30.0 Å². The quantitative estimate of drug-likeness (QED) is 0.576. The number of amidine groups is 1. The maximum Gasteiger partial charge on any atom is 0.225 e. The standard InChI is InChI=1S/C22H32ClN3OS/c1-4-5-13-25-21(15-28-22(25)24-18-9-7-6-8-10-18)26(17(3)27)20-12-11-16(2)14-19(20)23/h11-12,14,18,21H,4-10,13,15H2,1-3H3. The topological polar surface area (TPSA) is 35.9 Å². The largest absolute Gasteiger partial charge is 0.330 e. The van der Waals surface area contributed by atoms with Gasteiger partial charge >= 0.3 is 0 Å². The number of thioether (sulfide) groups is 1. The molecule has 1 aromatic carbocycles. The number of aliphatic imine (C=N–C) groups is 1. The molecule has 1 saturated carbocycles. The highest BCUT2D eigenvalue weighted by atomic mass is 35.5. The highest BCUT2D eigenvalue weighted by molar-refractivity contribution is 8.14. The Balaban J connectivity index is 1.90. The minimum atomic E-state index is -0.0309. The lowest BCUT2D eigenvalue weighted by Gasteiger charge is -2.36. The van der Waals surface area contributed by atoms with Crippen LogP contribution < -0.4 is 4.90 Å². The number of rotatable bonds is 6. The summed E-state index contributed by atoms with van der Waals surface area (Å²) in [5, 5.41) is 1.74. The first kappa shape index (κ1) is 21.5. The van der Waals surface area contributed by atoms with E-state index < -0.39 is 0 Å². The third kappa shape index (κ3) is 5.04. The molecule has 1 aromatic rings. The van der Waals surface area contributed by atoms with Gasteiger partial charge in [-0.1, -0.05) is 62.0 Å². The smallest absolute Gasteiger partial charge is 0.225 e. The van der Waals surface area contributed by atoms with Crippen LogP contribution in [0.4, 0.5) is 5.69 Å². The van der Waals surface area contributed by atoms with Crippen LogP contribution in [0.25, 0.3) is 0 Å². The molecule has 1 heterocycles. The van der Waals surface area contributed by atoms with Gasteiger partial charge in [0.2, 0.25) is 5.91 Å². The molecule has 2 aliphatic rings. The first-order valence-corrected chi connectivity index (χ1v) is 11.9. The Morgan fingerprint density at radius 2 is 2.07 bits per heavy atom. The van der Waals surface area contributed by atoms with Crippen LogP contribution in [-0.2, 0) is 4.79 Å². The number of amides is 1. The molecule has 0 radical (unpaired) electrons. The van der Waals surface area contributed by atoms with Gasteiger partial charge < -0.3 is 4.90 Å². The van der Waals surface area contributed by atoms with Gasteiger partial charge in [0.25, 0.3) is 0 Å². The van der Waals surface area contributed by atoms with Crippen molar-refractivity contribution in [2.45, 2.75) is 77.9 Å². The van der Waals surface area contributed by atoms with Crippen molar-refractivity contribution in [1.82, 2.24) is 4.90 Å². The number of nitrogens with zero attached hydrogens (tertiary/aromatic N) is 3. The van der Waals surface area contributed by atoms with Gasteiger partial charge in [-0.05, 0) is 43.9 Å². The van der Waals surface area contributed by atoms with Crippen LogP contribution in [0.1, 0.15) is 64.4 Å². The third-order valence-electron chi connectivity index (χ3n) is 5.59. The SMILES string of the molecule is CCCCN1C(=NC2CCCCC2)SCC1N(C(C)=O)c1ccc(C)cc1Cl. The van der Waals surface area contributed by atoms with Crippen LogP contribution in [0.15, 0.2) is 23.2 Å². The maximum absolute atomic E-state index is 12.7. The van der Waals surface area contributed by atoms with Crippen molar-refractivity contribution < 1.29 is 4.79 Å². The van der Waals surface area contributed by atoms with E-state index in [2.05, 4.69) is 11.8 Å². The summed E-state index contributed by atoms with van der Waals surface area (Å²) in [6, 6.07) is 6.36. The van der Waals surface area contributed by atoms with Crippen molar-refractivity contribution >= 4 is 40.1 Å². The number of aryl methyl sites for hydroxylation is 1. The number of hydrogen-bond donors (Lipinski definition) is 0. The summed E-state index contributed by atoms with van der Waals surface area (Å²) in [4.78, 5) is 22.0. The molecule has 1 unspecified atom stereocenters. The van der Waals surface area contributed by atoms with Crippen molar-refractivity contribution in [2.24, 2.45) is 4.99 Å². The number of anilines is 1. The average Bonchev–Trinajstić information content (AvgIpc) is 3.04. The molecule has 4 nitrogen and oxygen atoms in total. The fourth-order valence-electron chi connectivity index (χ4n) is 4.06. The van der Waals surface area contributed by atoms with E-state index in [0.717, 1.165) is 41.6 Å². The first-order valence-electron chi connectivity index (χ1n) is 10.5. The lowest BCUT2D eigenvalue weighted by atomic mass is 9.96. The monoisotopic (exact) mass is 421 g/mol. The second-order valence-electron chi connectivity index (χ2n) is 7.89. The molecule has 0 N–H and O–H groups in total. The molecular formula is C22H32ClN3OS. The van der Waals surface area contributed by atoms with E-state index in [-0.39, 0.29) is 12.1 Å². The molecule has 2 fully saturated rings. The number of benzene rings is 1. The maximum atomic E-state index is 12.7. The fourth-order valence-corrected chi connectivity index (χ4v) is 5.62. The van der Waals surface area contributed by atoms with Crippen LogP contribution in [0, 0.1) is 6.92 Å². The van der Waals surface area contributed by atoms with Crippen LogP contribution in [0.2, 0.25) is 5.02 Å². The molecule has 28 heavy (non-hydrogen) atoms. The molecule has 3 rings (SSSR count). The summed E-state index contributed by atoms with van der Waals surface area (Å²) >= 11 is 8.33. The Kier molecular flexibility index (Phi) is 7.69. The van der Waals surface area contributed by atoms with Gasteiger partial charge in [0.15, 0.2) is 5.17 Å². The van der Waals surface area contributed by atoms with Gasteiger partial charge in [-0.15, -0.1) is 0 Å². The Labute approximate surface area is 178 Å². The number of halogens is 1. The number of carbonyl (C=O) groups excluding carboxylic acids is 1. The summed E-state index contributed by atoms with van der Waals surface area (Å²) in [6.07, 6.45) is 8.46. The zero-order valence-electron chi connectivity index (χ0n) is 17.3. The molecule has 1 atom stereocenters. The highest BCUT2D eigenvalue weighted by Crippen LogP contribution is 2.35. The van der Waals surface area contributed by atoms with Crippen LogP contribution in [-0.4, -0.2) is 40.5 Å². The number of unbranched alkanes of at least 4 members (excludes halogenated alkanes) is 1. The first-order chi connectivity index (χ1) is 13.5. The molecule has 154 valence electrons. The number of carbonyl (C=O) groups is 1. The second kappa shape index (κ2) is 10.0. The summed E-state index contributed by atoms with van der Waals surface area (Å²) in [7, 11) is 0. The van der Waals surface area contributed by atoms with Crippen LogP contribution >= 0.6 is 23.4 Å². The Bertz CT molecular complexity index is 718. The van der Waals surface area contributed by atoms with E-state index in [1.54, 1.807) is 18.7 Å². The highest BCUT2D eigenvalue weighted by Gasteiger charge is 2.37. The zero-order valence-corrected chi connectivity index (χ0v) is 18.9. The summed E-state index contributed by atoms with van der Waals surface area (Å²) in [5.74, 6) is 0.857. The number of hydrogen-bond acceptors (Lipinski definition) is 3. The molecule has 6 heteroatoms. The summed E-state index contributed by atoms with van der Waals surface area (Å²) in [5.41, 5.74) is 1.89. The van der Waals surface area contributed by atoms with E-state index in [4.69, 9.17) is 16.6 Å². The predicted molar refractivity (Wildman–Crippen MR) is 122 cm³/mol. The van der Waals surface area contributed by atoms with E-state index in [9.17, 15) is 4.79 Å². The minimum Gasteiger partial charge on any atom is -0.330 e. The van der Waals surface area contributed by atoms with Gasteiger partial charge in [-0.3, -0.25) is 14.7 Å². The normalized spacial score (nSPS) is 22.1. The van der Waals surface area contributed by atoms with Gasteiger partial charge in [-0.2, -0.15) is 0 Å². The van der Waals surface area contributed by atoms with Gasteiger partial charge in [0.05, 0.1) is 16.8 Å². The van der Waals surface area contributed by atoms with Gasteiger partial charge in [0.1, 0.15) is 6.17 Å². The average molecular weight is 422 g/mol. The molecule has 1 amide bonds. The van der Waals surface area contributed by atoms with Gasteiger partial charge in [-0.25, -0.2) is 0 Å². The molecule has 1 aliphatic carbocycles.